The number of para-hydroxylation sites is 2. The van der Waals surface area contributed by atoms with Crippen LogP contribution in [-0.4, -0.2) is 9.38 Å². The van der Waals surface area contributed by atoms with E-state index >= 15 is 0 Å². The van der Waals surface area contributed by atoms with Gasteiger partial charge in [-0.2, -0.15) is 5.26 Å². The summed E-state index contributed by atoms with van der Waals surface area (Å²) in [5.74, 6) is 0.485. The summed E-state index contributed by atoms with van der Waals surface area (Å²) in [4.78, 5) is 4.65. The molecule has 4 rings (SSSR count). The van der Waals surface area contributed by atoms with E-state index in [-0.39, 0.29) is 5.82 Å². The van der Waals surface area contributed by atoms with Crippen molar-refractivity contribution in [3.63, 3.8) is 0 Å². The van der Waals surface area contributed by atoms with E-state index in [2.05, 4.69) is 11.1 Å². The normalized spacial score (nSPS) is 11.1. The smallest absolute Gasteiger partial charge is 0.157 e. The molecule has 4 aromatic rings. The highest BCUT2D eigenvalue weighted by atomic mass is 32.2. The summed E-state index contributed by atoms with van der Waals surface area (Å²) < 4.78 is 15.1. The summed E-state index contributed by atoms with van der Waals surface area (Å²) in [6.07, 6.45) is 0. The third kappa shape index (κ3) is 2.75. The van der Waals surface area contributed by atoms with Crippen molar-refractivity contribution in [2.75, 3.05) is 0 Å². The van der Waals surface area contributed by atoms with Crippen LogP contribution >= 0.6 is 11.8 Å². The molecule has 0 bridgehead atoms. The van der Waals surface area contributed by atoms with Gasteiger partial charge in [0.05, 0.1) is 21.6 Å². The van der Waals surface area contributed by atoms with Gasteiger partial charge in [-0.25, -0.2) is 9.37 Å². The fourth-order valence-corrected chi connectivity index (χ4v) is 3.98. The molecule has 0 atom stereocenters. The Morgan fingerprint density at radius 3 is 2.68 bits per heavy atom. The predicted octanol–water partition coefficient (Wildman–Crippen LogP) is 5.10. The Kier molecular flexibility index (Phi) is 3.90. The van der Waals surface area contributed by atoms with Crippen LogP contribution in [0.4, 0.5) is 4.39 Å². The van der Waals surface area contributed by atoms with Crippen molar-refractivity contribution >= 4 is 28.4 Å². The molecule has 2 aromatic carbocycles. The van der Waals surface area contributed by atoms with Gasteiger partial charge >= 0.3 is 0 Å². The Morgan fingerprint density at radius 2 is 1.92 bits per heavy atom. The first-order valence-electron chi connectivity index (χ1n) is 7.85. The Hall–Kier alpha value is -2.84. The number of nitriles is 1. The summed E-state index contributed by atoms with van der Waals surface area (Å²) >= 11 is 1.65. The average Bonchev–Trinajstić information content (AvgIpc) is 3.00. The lowest BCUT2D eigenvalue weighted by atomic mass is 10.2. The number of halogens is 1. The highest BCUT2D eigenvalue weighted by Crippen LogP contribution is 2.31. The van der Waals surface area contributed by atoms with Crippen LogP contribution in [0, 0.1) is 24.1 Å². The van der Waals surface area contributed by atoms with E-state index in [1.807, 2.05) is 41.7 Å². The van der Waals surface area contributed by atoms with Gasteiger partial charge in [0.15, 0.2) is 5.65 Å². The largest absolute Gasteiger partial charge is 0.286 e. The van der Waals surface area contributed by atoms with Gasteiger partial charge in [-0.1, -0.05) is 24.3 Å². The second kappa shape index (κ2) is 6.23. The average molecular weight is 347 g/mol. The highest BCUT2D eigenvalue weighted by Gasteiger charge is 2.15. The van der Waals surface area contributed by atoms with Crippen LogP contribution in [0.1, 0.15) is 16.7 Å². The fraction of sp³-hybridized carbons (Fsp3) is 0.100. The molecular formula is C20H14FN3S. The van der Waals surface area contributed by atoms with Crippen molar-refractivity contribution in [1.82, 2.24) is 9.38 Å². The van der Waals surface area contributed by atoms with Crippen molar-refractivity contribution in [3.05, 3.63) is 77.1 Å². The number of hydrogen-bond acceptors (Lipinski definition) is 3. The molecule has 0 spiro atoms. The number of pyridine rings is 1. The van der Waals surface area contributed by atoms with Gasteiger partial charge in [0, 0.05) is 5.75 Å². The van der Waals surface area contributed by atoms with Crippen LogP contribution in [0.3, 0.4) is 0 Å². The van der Waals surface area contributed by atoms with E-state index in [9.17, 15) is 9.65 Å². The Bertz CT molecular complexity index is 1120. The maximum atomic E-state index is 13.1. The molecule has 122 valence electrons. The number of hydrogen-bond donors (Lipinski definition) is 0. The zero-order valence-electron chi connectivity index (χ0n) is 13.5. The molecule has 0 aliphatic heterocycles. The maximum absolute atomic E-state index is 13.1. The van der Waals surface area contributed by atoms with E-state index in [0.29, 0.717) is 17.0 Å². The van der Waals surface area contributed by atoms with E-state index in [0.717, 1.165) is 27.2 Å². The Balaban J connectivity index is 1.85. The van der Waals surface area contributed by atoms with E-state index in [4.69, 9.17) is 0 Å². The second-order valence-electron chi connectivity index (χ2n) is 5.83. The topological polar surface area (TPSA) is 41.1 Å². The van der Waals surface area contributed by atoms with Crippen LogP contribution in [-0.2, 0) is 5.75 Å². The molecular weight excluding hydrogens is 333 g/mol. The molecule has 0 saturated carbocycles. The Labute approximate surface area is 148 Å². The van der Waals surface area contributed by atoms with Crippen molar-refractivity contribution in [3.8, 4) is 6.07 Å². The van der Waals surface area contributed by atoms with Crippen molar-refractivity contribution in [2.45, 2.75) is 17.7 Å². The quantitative estimate of drug-likeness (QED) is 0.484. The molecule has 25 heavy (non-hydrogen) atoms. The lowest BCUT2D eigenvalue weighted by molar-refractivity contribution is 0.627. The van der Waals surface area contributed by atoms with Crippen LogP contribution in [0.25, 0.3) is 16.7 Å². The van der Waals surface area contributed by atoms with Gasteiger partial charge in [-0.3, -0.25) is 4.40 Å². The van der Waals surface area contributed by atoms with E-state index < -0.39 is 0 Å². The number of aromatic nitrogens is 2. The first-order valence-corrected chi connectivity index (χ1v) is 8.84. The molecule has 5 heteroatoms. The lowest BCUT2D eigenvalue weighted by Crippen LogP contribution is -1.97. The van der Waals surface area contributed by atoms with Crippen molar-refractivity contribution < 1.29 is 4.39 Å². The van der Waals surface area contributed by atoms with Gasteiger partial charge < -0.3 is 0 Å². The number of imidazole rings is 1. The number of aryl methyl sites for hydroxylation is 1. The maximum Gasteiger partial charge on any atom is 0.157 e. The van der Waals surface area contributed by atoms with Gasteiger partial charge in [0.25, 0.3) is 0 Å². The second-order valence-corrected chi connectivity index (χ2v) is 6.82. The molecule has 0 amide bonds. The molecule has 0 saturated heterocycles. The molecule has 0 fully saturated rings. The van der Waals surface area contributed by atoms with Crippen LogP contribution in [0.2, 0.25) is 0 Å². The minimum absolute atomic E-state index is 0.231. The first kappa shape index (κ1) is 15.7. The van der Waals surface area contributed by atoms with Crippen LogP contribution < -0.4 is 0 Å². The van der Waals surface area contributed by atoms with Crippen LogP contribution in [0.5, 0.6) is 0 Å². The summed E-state index contributed by atoms with van der Waals surface area (Å²) in [5, 5.41) is 10.5. The standard InChI is InChI=1S/C20H14FN3S/c1-13-10-19(25-12-14-6-8-15(21)9-7-14)24-18-5-3-2-4-17(18)23-20(24)16(13)11-22/h2-10H,12H2,1H3. The summed E-state index contributed by atoms with van der Waals surface area (Å²) in [5.41, 5.74) is 5.09. The molecule has 0 aliphatic carbocycles. The lowest BCUT2D eigenvalue weighted by Gasteiger charge is -2.10. The number of benzene rings is 2. The highest BCUT2D eigenvalue weighted by molar-refractivity contribution is 7.98. The van der Waals surface area contributed by atoms with E-state index in [1.165, 1.54) is 12.1 Å². The third-order valence-corrected chi connectivity index (χ3v) is 5.22. The molecule has 0 aliphatic rings. The number of rotatable bonds is 3. The molecule has 0 N–H and O–H groups in total. The zero-order valence-corrected chi connectivity index (χ0v) is 14.3. The van der Waals surface area contributed by atoms with Gasteiger partial charge in [0.1, 0.15) is 11.9 Å². The fourth-order valence-electron chi connectivity index (χ4n) is 2.90. The first-order chi connectivity index (χ1) is 12.2. The Morgan fingerprint density at radius 1 is 1.16 bits per heavy atom. The molecule has 2 aromatic heterocycles. The number of nitrogens with zero attached hydrogens (tertiary/aromatic N) is 3. The molecule has 0 radical (unpaired) electrons. The van der Waals surface area contributed by atoms with E-state index in [1.54, 1.807) is 23.9 Å². The summed E-state index contributed by atoms with van der Waals surface area (Å²) in [6, 6.07) is 18.7. The summed E-state index contributed by atoms with van der Waals surface area (Å²) in [7, 11) is 0. The minimum atomic E-state index is -0.231. The number of thioether (sulfide) groups is 1. The van der Waals surface area contributed by atoms with Gasteiger partial charge in [-0.05, 0) is 48.4 Å². The third-order valence-electron chi connectivity index (χ3n) is 4.15. The molecule has 0 unspecified atom stereocenters. The number of fused-ring (bicyclic) bond motifs is 3. The van der Waals surface area contributed by atoms with Gasteiger partial charge in [-0.15, -0.1) is 11.8 Å². The summed E-state index contributed by atoms with van der Waals surface area (Å²) in [6.45, 7) is 1.93. The van der Waals surface area contributed by atoms with Crippen molar-refractivity contribution in [2.24, 2.45) is 0 Å². The molecule has 2 heterocycles. The SMILES string of the molecule is Cc1cc(SCc2ccc(F)cc2)n2c(nc3ccccc32)c1C#N. The minimum Gasteiger partial charge on any atom is -0.286 e. The zero-order chi connectivity index (χ0) is 17.4. The van der Waals surface area contributed by atoms with Crippen LogP contribution in [0.15, 0.2) is 59.6 Å². The predicted molar refractivity (Wildman–Crippen MR) is 98.1 cm³/mol. The van der Waals surface area contributed by atoms with Crippen molar-refractivity contribution in [1.29, 1.82) is 5.26 Å². The van der Waals surface area contributed by atoms with Gasteiger partial charge in [0.2, 0.25) is 0 Å². The monoisotopic (exact) mass is 347 g/mol. The molecule has 3 nitrogen and oxygen atoms in total.